The number of ether oxygens (including phenoxy) is 1. The minimum atomic E-state index is -0.113. The van der Waals surface area contributed by atoms with Crippen LogP contribution in [0.25, 0.3) is 0 Å². The van der Waals surface area contributed by atoms with Crippen molar-refractivity contribution in [2.75, 3.05) is 32.9 Å². The van der Waals surface area contributed by atoms with Gasteiger partial charge >= 0.3 is 5.97 Å². The van der Waals surface area contributed by atoms with Gasteiger partial charge in [-0.15, -0.1) is 0 Å². The number of carbonyl (C=O) groups is 1. The molecular formula is C27H42N2O2. The third kappa shape index (κ3) is 18.3. The van der Waals surface area contributed by atoms with Crippen LogP contribution in [0.4, 0.5) is 0 Å². The molecule has 1 fully saturated rings. The normalized spacial score (nSPS) is 16.3. The van der Waals surface area contributed by atoms with Crippen LogP contribution in [0, 0.1) is 0 Å². The fraction of sp³-hybridized carbons (Fsp3) is 0.519. The van der Waals surface area contributed by atoms with Crippen molar-refractivity contribution in [2.45, 2.75) is 58.3 Å². The van der Waals surface area contributed by atoms with Crippen molar-refractivity contribution in [3.8, 4) is 0 Å². The van der Waals surface area contributed by atoms with Gasteiger partial charge in [0.25, 0.3) is 0 Å². The van der Waals surface area contributed by atoms with Crippen LogP contribution in [0.3, 0.4) is 0 Å². The quantitative estimate of drug-likeness (QED) is 0.247. The maximum absolute atomic E-state index is 11.7. The molecule has 0 bridgehead atoms. The number of allylic oxidation sites excluding steroid dienone is 12. The minimum Gasteiger partial charge on any atom is -0.449 e. The Labute approximate surface area is 190 Å². The second-order valence-corrected chi connectivity index (χ2v) is 7.47. The molecule has 172 valence electrons. The smallest absolute Gasteiger partial charge is 0.307 e. The first kappa shape index (κ1) is 26.9. The summed E-state index contributed by atoms with van der Waals surface area (Å²) in [5.41, 5.74) is 0. The molecule has 0 aromatic rings. The standard InChI is InChI=1S/C27H42N2O2/c1-2-3-4-5-6-7-8-9-10-11-12-13-14-15-16-17-18-19-20-21-27(30)31-26-29-24-22-28-23-25-29/h3-4,6-7,9-10,12-13,15-16,18-19,28H,2,5,8,11,14,17,20-26H2,1H3. The lowest BCUT2D eigenvalue weighted by Gasteiger charge is -2.26. The Hall–Kier alpha value is -2.17. The number of rotatable bonds is 16. The van der Waals surface area contributed by atoms with Crippen LogP contribution in [-0.2, 0) is 9.53 Å². The number of esters is 1. The average Bonchev–Trinajstić information content (AvgIpc) is 2.80. The first-order valence-electron chi connectivity index (χ1n) is 11.8. The fourth-order valence-corrected chi connectivity index (χ4v) is 2.92. The molecule has 0 spiro atoms. The van der Waals surface area contributed by atoms with Crippen molar-refractivity contribution in [2.24, 2.45) is 0 Å². The molecule has 31 heavy (non-hydrogen) atoms. The molecule has 0 atom stereocenters. The van der Waals surface area contributed by atoms with Gasteiger partial charge in [0.05, 0.1) is 0 Å². The summed E-state index contributed by atoms with van der Waals surface area (Å²) in [4.78, 5) is 13.9. The van der Waals surface area contributed by atoms with E-state index in [1.54, 1.807) is 0 Å². The Morgan fingerprint density at radius 3 is 1.68 bits per heavy atom. The summed E-state index contributed by atoms with van der Waals surface area (Å²) in [6.07, 6.45) is 33.4. The van der Waals surface area contributed by atoms with E-state index in [2.05, 4.69) is 90.1 Å². The Balaban J connectivity index is 1.93. The third-order valence-corrected chi connectivity index (χ3v) is 4.73. The molecule has 4 heteroatoms. The zero-order valence-electron chi connectivity index (χ0n) is 19.4. The van der Waals surface area contributed by atoms with Crippen molar-refractivity contribution in [1.29, 1.82) is 0 Å². The lowest BCUT2D eigenvalue weighted by molar-refractivity contribution is -0.148. The van der Waals surface area contributed by atoms with E-state index in [0.717, 1.165) is 71.1 Å². The van der Waals surface area contributed by atoms with E-state index < -0.39 is 0 Å². The summed E-state index contributed by atoms with van der Waals surface area (Å²) in [5, 5.41) is 3.29. The molecule has 1 N–H and O–H groups in total. The van der Waals surface area contributed by atoms with Gasteiger partial charge in [-0.05, 0) is 44.9 Å². The first-order valence-corrected chi connectivity index (χ1v) is 11.8. The third-order valence-electron chi connectivity index (χ3n) is 4.73. The maximum atomic E-state index is 11.7. The SMILES string of the molecule is CCC=CCC=CCC=CCC=CCC=CCC=CCCC(=O)OCN1CCNCC1. The number of carbonyl (C=O) groups excluding carboxylic acids is 1. The zero-order valence-corrected chi connectivity index (χ0v) is 19.4. The Kier molecular flexibility index (Phi) is 18.3. The lowest BCUT2D eigenvalue weighted by atomic mass is 10.2. The fourth-order valence-electron chi connectivity index (χ4n) is 2.92. The van der Waals surface area contributed by atoms with E-state index in [9.17, 15) is 4.79 Å². The second kappa shape index (κ2) is 21.1. The summed E-state index contributed by atoms with van der Waals surface area (Å²) >= 11 is 0. The van der Waals surface area contributed by atoms with Gasteiger partial charge in [0.15, 0.2) is 0 Å². The molecule has 0 unspecified atom stereocenters. The van der Waals surface area contributed by atoms with Gasteiger partial charge in [-0.25, -0.2) is 0 Å². The van der Waals surface area contributed by atoms with Crippen LogP contribution in [0.5, 0.6) is 0 Å². The molecule has 0 saturated carbocycles. The van der Waals surface area contributed by atoms with Crippen LogP contribution in [0.15, 0.2) is 72.9 Å². The van der Waals surface area contributed by atoms with E-state index in [-0.39, 0.29) is 5.97 Å². The molecule has 4 nitrogen and oxygen atoms in total. The Bertz CT molecular complexity index is 609. The first-order chi connectivity index (χ1) is 15.3. The number of hydrogen-bond acceptors (Lipinski definition) is 4. The van der Waals surface area contributed by atoms with Gasteiger partial charge in [-0.1, -0.05) is 79.8 Å². The average molecular weight is 427 g/mol. The monoisotopic (exact) mass is 426 g/mol. The van der Waals surface area contributed by atoms with Crippen LogP contribution in [-0.4, -0.2) is 43.8 Å². The molecule has 1 aliphatic rings. The van der Waals surface area contributed by atoms with E-state index >= 15 is 0 Å². The number of piperazine rings is 1. The molecule has 1 rings (SSSR count). The van der Waals surface area contributed by atoms with Crippen molar-refractivity contribution < 1.29 is 9.53 Å². The van der Waals surface area contributed by atoms with Gasteiger partial charge in [0.1, 0.15) is 6.73 Å². The zero-order chi connectivity index (χ0) is 22.2. The summed E-state index contributed by atoms with van der Waals surface area (Å²) in [6.45, 7) is 6.40. The predicted molar refractivity (Wildman–Crippen MR) is 133 cm³/mol. The highest BCUT2D eigenvalue weighted by molar-refractivity contribution is 5.69. The molecule has 0 aliphatic carbocycles. The van der Waals surface area contributed by atoms with Crippen LogP contribution in [0.2, 0.25) is 0 Å². The molecule has 0 aromatic carbocycles. The largest absolute Gasteiger partial charge is 0.449 e. The van der Waals surface area contributed by atoms with Crippen molar-refractivity contribution >= 4 is 5.97 Å². The number of nitrogens with zero attached hydrogens (tertiary/aromatic N) is 1. The van der Waals surface area contributed by atoms with Gasteiger partial charge in [-0.3, -0.25) is 9.69 Å². The summed E-state index contributed by atoms with van der Waals surface area (Å²) in [5.74, 6) is -0.113. The van der Waals surface area contributed by atoms with Crippen molar-refractivity contribution in [1.82, 2.24) is 10.2 Å². The number of nitrogens with one attached hydrogen (secondary N) is 1. The van der Waals surface area contributed by atoms with Crippen molar-refractivity contribution in [3.05, 3.63) is 72.9 Å². The molecule has 1 aliphatic heterocycles. The van der Waals surface area contributed by atoms with Gasteiger partial charge in [0, 0.05) is 32.6 Å². The molecule has 1 saturated heterocycles. The topological polar surface area (TPSA) is 41.6 Å². The Morgan fingerprint density at radius 1 is 0.742 bits per heavy atom. The van der Waals surface area contributed by atoms with Crippen LogP contribution in [0.1, 0.15) is 58.3 Å². The van der Waals surface area contributed by atoms with E-state index in [0.29, 0.717) is 13.2 Å². The highest BCUT2D eigenvalue weighted by atomic mass is 16.5. The predicted octanol–water partition coefficient (Wildman–Crippen LogP) is 5.87. The lowest BCUT2D eigenvalue weighted by Crippen LogP contribution is -2.44. The van der Waals surface area contributed by atoms with E-state index in [1.807, 2.05) is 0 Å². The Morgan fingerprint density at radius 2 is 1.19 bits per heavy atom. The van der Waals surface area contributed by atoms with E-state index in [1.165, 1.54) is 0 Å². The van der Waals surface area contributed by atoms with Gasteiger partial charge < -0.3 is 10.1 Å². The highest BCUT2D eigenvalue weighted by Gasteiger charge is 2.10. The molecule has 1 heterocycles. The summed E-state index contributed by atoms with van der Waals surface area (Å²) in [6, 6.07) is 0. The maximum Gasteiger partial charge on any atom is 0.307 e. The summed E-state index contributed by atoms with van der Waals surface area (Å²) in [7, 11) is 0. The minimum absolute atomic E-state index is 0.113. The molecular weight excluding hydrogens is 384 g/mol. The second-order valence-electron chi connectivity index (χ2n) is 7.47. The van der Waals surface area contributed by atoms with Crippen molar-refractivity contribution in [3.63, 3.8) is 0 Å². The van der Waals surface area contributed by atoms with Gasteiger partial charge in [0.2, 0.25) is 0 Å². The molecule has 0 amide bonds. The number of hydrogen-bond donors (Lipinski definition) is 1. The van der Waals surface area contributed by atoms with E-state index in [4.69, 9.17) is 4.74 Å². The molecule has 0 radical (unpaired) electrons. The summed E-state index contributed by atoms with van der Waals surface area (Å²) < 4.78 is 5.31. The highest BCUT2D eigenvalue weighted by Crippen LogP contribution is 2.00. The van der Waals surface area contributed by atoms with Crippen LogP contribution >= 0.6 is 0 Å². The van der Waals surface area contributed by atoms with Crippen LogP contribution < -0.4 is 5.32 Å². The van der Waals surface area contributed by atoms with Gasteiger partial charge in [-0.2, -0.15) is 0 Å². The molecule has 0 aromatic heterocycles.